The van der Waals surface area contributed by atoms with Gasteiger partial charge < -0.3 is 9.73 Å². The molecule has 0 aliphatic carbocycles. The number of hydrogen-bond donors (Lipinski definition) is 1. The minimum absolute atomic E-state index is 0.255. The lowest BCUT2D eigenvalue weighted by molar-refractivity contribution is 0.463. The average molecular weight is 215 g/mol. The minimum Gasteiger partial charge on any atom is -0.468 e. The molecule has 80 valence electrons. The molecule has 0 fully saturated rings. The number of furan rings is 1. The third-order valence-corrected chi connectivity index (χ3v) is 3.03. The maximum atomic E-state index is 10.9. The molecule has 1 heterocycles. The molecule has 1 rings (SSSR count). The molecule has 1 N–H and O–H groups in total. The summed E-state index contributed by atoms with van der Waals surface area (Å²) in [7, 11) is -0.742. The quantitative estimate of drug-likeness (QED) is 0.808. The molecule has 0 radical (unpaired) electrons. The highest BCUT2D eigenvalue weighted by molar-refractivity contribution is 7.84. The molecule has 0 saturated heterocycles. The predicted octanol–water partition coefficient (Wildman–Crippen LogP) is 1.44. The van der Waals surface area contributed by atoms with Crippen LogP contribution in [0.5, 0.6) is 0 Å². The molecule has 0 saturated carbocycles. The van der Waals surface area contributed by atoms with Gasteiger partial charge >= 0.3 is 0 Å². The van der Waals surface area contributed by atoms with Crippen LogP contribution in [-0.2, 0) is 17.3 Å². The molecule has 0 spiro atoms. The van der Waals surface area contributed by atoms with Gasteiger partial charge in [0.05, 0.1) is 12.8 Å². The first-order valence-electron chi connectivity index (χ1n) is 4.66. The Hall–Kier alpha value is -0.610. The van der Waals surface area contributed by atoms with Gasteiger partial charge in [-0.1, -0.05) is 0 Å². The van der Waals surface area contributed by atoms with Crippen molar-refractivity contribution in [3.8, 4) is 0 Å². The molecule has 0 aliphatic rings. The highest BCUT2D eigenvalue weighted by atomic mass is 32.2. The molecule has 1 aromatic heterocycles. The SMILES string of the molecule is Cc1ccoc1CNC(C)CS(C)=O. The summed E-state index contributed by atoms with van der Waals surface area (Å²) >= 11 is 0. The highest BCUT2D eigenvalue weighted by Gasteiger charge is 2.06. The molecular weight excluding hydrogens is 198 g/mol. The Balaban J connectivity index is 2.34. The predicted molar refractivity (Wildman–Crippen MR) is 58.7 cm³/mol. The molecule has 0 amide bonds. The Kier molecular flexibility index (Phi) is 4.35. The normalized spacial score (nSPS) is 15.4. The van der Waals surface area contributed by atoms with Crippen molar-refractivity contribution in [1.82, 2.24) is 5.32 Å². The fraction of sp³-hybridized carbons (Fsp3) is 0.600. The van der Waals surface area contributed by atoms with Crippen LogP contribution in [0.3, 0.4) is 0 Å². The molecule has 4 heteroatoms. The second-order valence-electron chi connectivity index (χ2n) is 3.55. The summed E-state index contributed by atoms with van der Waals surface area (Å²) < 4.78 is 16.2. The lowest BCUT2D eigenvalue weighted by Crippen LogP contribution is -2.30. The topological polar surface area (TPSA) is 42.2 Å². The second-order valence-corrected chi connectivity index (χ2v) is 5.03. The zero-order chi connectivity index (χ0) is 10.6. The summed E-state index contributed by atoms with van der Waals surface area (Å²) in [5.41, 5.74) is 1.15. The van der Waals surface area contributed by atoms with Gasteiger partial charge in [-0.2, -0.15) is 0 Å². The van der Waals surface area contributed by atoms with Crippen LogP contribution in [0.2, 0.25) is 0 Å². The van der Waals surface area contributed by atoms with Gasteiger partial charge in [-0.3, -0.25) is 4.21 Å². The molecule has 0 bridgehead atoms. The summed E-state index contributed by atoms with van der Waals surface area (Å²) in [5.74, 6) is 1.64. The first-order chi connectivity index (χ1) is 6.59. The van der Waals surface area contributed by atoms with Crippen LogP contribution in [0.15, 0.2) is 16.7 Å². The van der Waals surface area contributed by atoms with Crippen molar-refractivity contribution >= 4 is 10.8 Å². The summed E-state index contributed by atoms with van der Waals surface area (Å²) in [6.45, 7) is 4.75. The lowest BCUT2D eigenvalue weighted by atomic mass is 10.2. The highest BCUT2D eigenvalue weighted by Crippen LogP contribution is 2.08. The van der Waals surface area contributed by atoms with E-state index in [4.69, 9.17) is 4.42 Å². The number of hydrogen-bond acceptors (Lipinski definition) is 3. The van der Waals surface area contributed by atoms with Crippen molar-refractivity contribution in [2.24, 2.45) is 0 Å². The summed E-state index contributed by atoms with van der Waals surface area (Å²) in [4.78, 5) is 0. The zero-order valence-electron chi connectivity index (χ0n) is 8.87. The van der Waals surface area contributed by atoms with Crippen LogP contribution >= 0.6 is 0 Å². The largest absolute Gasteiger partial charge is 0.468 e. The minimum atomic E-state index is -0.742. The molecule has 3 nitrogen and oxygen atoms in total. The van der Waals surface area contributed by atoms with Crippen molar-refractivity contribution in [1.29, 1.82) is 0 Å². The third-order valence-electron chi connectivity index (χ3n) is 2.06. The smallest absolute Gasteiger partial charge is 0.120 e. The molecule has 2 atom stereocenters. The standard InChI is InChI=1S/C10H17NO2S/c1-8-4-5-13-10(8)6-11-9(2)7-14(3)12/h4-5,9,11H,6-7H2,1-3H3. The van der Waals surface area contributed by atoms with Crippen LogP contribution in [0.4, 0.5) is 0 Å². The van der Waals surface area contributed by atoms with Gasteiger partial charge in [0, 0.05) is 28.9 Å². The van der Waals surface area contributed by atoms with E-state index in [2.05, 4.69) is 5.32 Å². The van der Waals surface area contributed by atoms with E-state index in [1.807, 2.05) is 19.9 Å². The molecule has 0 aromatic carbocycles. The van der Waals surface area contributed by atoms with Crippen molar-refractivity contribution in [2.45, 2.75) is 26.4 Å². The van der Waals surface area contributed by atoms with E-state index in [1.54, 1.807) is 12.5 Å². The Morgan fingerprint density at radius 3 is 2.86 bits per heavy atom. The maximum absolute atomic E-state index is 10.9. The molecule has 2 unspecified atom stereocenters. The van der Waals surface area contributed by atoms with Gasteiger partial charge in [0.25, 0.3) is 0 Å². The van der Waals surface area contributed by atoms with Crippen LogP contribution in [-0.4, -0.2) is 22.3 Å². The van der Waals surface area contributed by atoms with Crippen LogP contribution in [0.25, 0.3) is 0 Å². The van der Waals surface area contributed by atoms with E-state index in [0.29, 0.717) is 12.3 Å². The number of aryl methyl sites for hydroxylation is 1. The Bertz CT molecular complexity index is 309. The van der Waals surface area contributed by atoms with Gasteiger partial charge in [0.1, 0.15) is 5.76 Å². The van der Waals surface area contributed by atoms with E-state index in [0.717, 1.165) is 11.3 Å². The van der Waals surface area contributed by atoms with Crippen molar-refractivity contribution in [3.63, 3.8) is 0 Å². The third kappa shape index (κ3) is 3.64. The Morgan fingerprint density at radius 1 is 1.64 bits per heavy atom. The molecular formula is C10H17NO2S. The van der Waals surface area contributed by atoms with Gasteiger partial charge in [-0.05, 0) is 25.5 Å². The van der Waals surface area contributed by atoms with Gasteiger partial charge in [0.15, 0.2) is 0 Å². The fourth-order valence-corrected chi connectivity index (χ4v) is 2.09. The van der Waals surface area contributed by atoms with Crippen LogP contribution in [0, 0.1) is 6.92 Å². The van der Waals surface area contributed by atoms with E-state index in [9.17, 15) is 4.21 Å². The monoisotopic (exact) mass is 215 g/mol. The number of nitrogens with one attached hydrogen (secondary N) is 1. The van der Waals surface area contributed by atoms with Gasteiger partial charge in [-0.25, -0.2) is 0 Å². The lowest BCUT2D eigenvalue weighted by Gasteiger charge is -2.10. The average Bonchev–Trinajstić information content (AvgIpc) is 2.46. The second kappa shape index (κ2) is 5.32. The molecule has 14 heavy (non-hydrogen) atoms. The summed E-state index contributed by atoms with van der Waals surface area (Å²) in [5, 5.41) is 3.27. The number of rotatable bonds is 5. The van der Waals surface area contributed by atoms with Crippen LogP contribution in [0.1, 0.15) is 18.2 Å². The van der Waals surface area contributed by atoms with Gasteiger partial charge in [-0.15, -0.1) is 0 Å². The van der Waals surface area contributed by atoms with Crippen LogP contribution < -0.4 is 5.32 Å². The molecule has 0 aliphatic heterocycles. The van der Waals surface area contributed by atoms with Crippen molar-refractivity contribution in [3.05, 3.63) is 23.7 Å². The fourth-order valence-electron chi connectivity index (χ4n) is 1.26. The first kappa shape index (κ1) is 11.5. The maximum Gasteiger partial charge on any atom is 0.120 e. The summed E-state index contributed by atoms with van der Waals surface area (Å²) in [6, 6.07) is 2.20. The molecule has 1 aromatic rings. The first-order valence-corrected chi connectivity index (χ1v) is 6.38. The van der Waals surface area contributed by atoms with E-state index >= 15 is 0 Å². The van der Waals surface area contributed by atoms with E-state index < -0.39 is 10.8 Å². The zero-order valence-corrected chi connectivity index (χ0v) is 9.69. The van der Waals surface area contributed by atoms with Crippen molar-refractivity contribution in [2.75, 3.05) is 12.0 Å². The Labute approximate surface area is 87.3 Å². The van der Waals surface area contributed by atoms with Crippen molar-refractivity contribution < 1.29 is 8.63 Å². The van der Waals surface area contributed by atoms with Gasteiger partial charge in [0.2, 0.25) is 0 Å². The Morgan fingerprint density at radius 2 is 2.36 bits per heavy atom. The summed E-state index contributed by atoms with van der Waals surface area (Å²) in [6.07, 6.45) is 3.41. The van der Waals surface area contributed by atoms with E-state index in [1.165, 1.54) is 0 Å². The van der Waals surface area contributed by atoms with E-state index in [-0.39, 0.29) is 6.04 Å².